The van der Waals surface area contributed by atoms with Crippen molar-refractivity contribution in [1.29, 1.82) is 0 Å². The van der Waals surface area contributed by atoms with Gasteiger partial charge >= 0.3 is 0 Å². The molecule has 0 atom stereocenters. The third kappa shape index (κ3) is 7.68. The summed E-state index contributed by atoms with van der Waals surface area (Å²) in [5.41, 5.74) is 1.49. The van der Waals surface area contributed by atoms with E-state index >= 15 is 0 Å². The van der Waals surface area contributed by atoms with E-state index in [-0.39, 0.29) is 5.78 Å². The Morgan fingerprint density at radius 1 is 1.31 bits per heavy atom. The molecule has 0 amide bonds. The van der Waals surface area contributed by atoms with Gasteiger partial charge in [-0.1, -0.05) is 51.5 Å². The van der Waals surface area contributed by atoms with Gasteiger partial charge in [0.1, 0.15) is 5.76 Å². The van der Waals surface area contributed by atoms with E-state index in [9.17, 15) is 4.79 Å². The predicted octanol–water partition coefficient (Wildman–Crippen LogP) is 5.85. The SMILES string of the molecule is C=C(OC)/C(=C\C=C/C(C)C)c1cnc(CCCCCCC(=O)C2=NC=CC2)o1. The number of allylic oxidation sites excluding steroid dienone is 5. The lowest BCUT2D eigenvalue weighted by molar-refractivity contribution is -0.113. The molecule has 1 aliphatic rings. The van der Waals surface area contributed by atoms with Crippen LogP contribution in [0.1, 0.15) is 64.0 Å². The molecule has 1 aromatic heterocycles. The first-order valence-corrected chi connectivity index (χ1v) is 10.3. The summed E-state index contributed by atoms with van der Waals surface area (Å²) >= 11 is 0. The summed E-state index contributed by atoms with van der Waals surface area (Å²) in [4.78, 5) is 20.4. The van der Waals surface area contributed by atoms with E-state index in [0.29, 0.717) is 41.9 Å². The number of methoxy groups -OCH3 is 1. The van der Waals surface area contributed by atoms with E-state index in [4.69, 9.17) is 9.15 Å². The highest BCUT2D eigenvalue weighted by Crippen LogP contribution is 2.24. The molecule has 1 aliphatic heterocycles. The van der Waals surface area contributed by atoms with Gasteiger partial charge in [-0.2, -0.15) is 0 Å². The molecule has 5 heteroatoms. The number of hydrogen-bond donors (Lipinski definition) is 0. The number of oxazole rings is 1. The third-order valence-corrected chi connectivity index (χ3v) is 4.64. The van der Waals surface area contributed by atoms with E-state index in [1.807, 2.05) is 18.2 Å². The fourth-order valence-electron chi connectivity index (χ4n) is 2.95. The van der Waals surface area contributed by atoms with Crippen LogP contribution >= 0.6 is 0 Å². The zero-order chi connectivity index (χ0) is 21.1. The van der Waals surface area contributed by atoms with Crippen molar-refractivity contribution in [3.05, 3.63) is 60.7 Å². The van der Waals surface area contributed by atoms with Gasteiger partial charge in [-0.05, 0) is 24.8 Å². The smallest absolute Gasteiger partial charge is 0.194 e. The Morgan fingerprint density at radius 2 is 2.10 bits per heavy atom. The Hall–Kier alpha value is -2.69. The van der Waals surface area contributed by atoms with Gasteiger partial charge < -0.3 is 9.15 Å². The van der Waals surface area contributed by atoms with Crippen molar-refractivity contribution in [2.45, 2.75) is 58.8 Å². The van der Waals surface area contributed by atoms with E-state index < -0.39 is 0 Å². The zero-order valence-electron chi connectivity index (χ0n) is 17.8. The van der Waals surface area contributed by atoms with Crippen LogP contribution in [0.2, 0.25) is 0 Å². The monoisotopic (exact) mass is 396 g/mol. The molecule has 2 rings (SSSR count). The van der Waals surface area contributed by atoms with Gasteiger partial charge in [0.2, 0.25) is 0 Å². The maximum Gasteiger partial charge on any atom is 0.194 e. The number of aliphatic imine (C=N–C) groups is 1. The van der Waals surface area contributed by atoms with Gasteiger partial charge in [-0.25, -0.2) is 4.98 Å². The van der Waals surface area contributed by atoms with Gasteiger partial charge in [-0.3, -0.25) is 9.79 Å². The van der Waals surface area contributed by atoms with Crippen LogP contribution in [0.25, 0.3) is 5.57 Å². The fraction of sp³-hybridized carbons (Fsp3) is 0.458. The Bertz CT molecular complexity index is 810. The molecule has 1 aromatic rings. The number of unbranched alkanes of at least 4 members (excludes halogenated alkanes) is 3. The van der Waals surface area contributed by atoms with Crippen LogP contribution in [0, 0.1) is 5.92 Å². The average Bonchev–Trinajstić information content (AvgIpc) is 3.39. The number of ether oxygens (including phenoxy) is 1. The molecule has 0 saturated carbocycles. The van der Waals surface area contributed by atoms with Crippen LogP contribution in [-0.2, 0) is 16.0 Å². The number of rotatable bonds is 13. The lowest BCUT2D eigenvalue weighted by Crippen LogP contribution is -2.10. The number of aromatic nitrogens is 1. The van der Waals surface area contributed by atoms with E-state index in [1.54, 1.807) is 19.5 Å². The minimum Gasteiger partial charge on any atom is -0.497 e. The van der Waals surface area contributed by atoms with Gasteiger partial charge in [0.25, 0.3) is 0 Å². The minimum atomic E-state index is 0.177. The molecule has 0 spiro atoms. The molecule has 0 aliphatic carbocycles. The molecule has 0 N–H and O–H groups in total. The fourth-order valence-corrected chi connectivity index (χ4v) is 2.95. The number of ketones is 1. The topological polar surface area (TPSA) is 64.7 Å². The predicted molar refractivity (Wildman–Crippen MR) is 118 cm³/mol. The molecule has 0 fully saturated rings. The molecular formula is C24H32N2O3. The minimum absolute atomic E-state index is 0.177. The Kier molecular flexibility index (Phi) is 9.35. The summed E-state index contributed by atoms with van der Waals surface area (Å²) in [5, 5.41) is 0. The Morgan fingerprint density at radius 3 is 2.79 bits per heavy atom. The average molecular weight is 397 g/mol. The van der Waals surface area contributed by atoms with E-state index in [1.165, 1.54) is 0 Å². The van der Waals surface area contributed by atoms with Crippen LogP contribution in [0.15, 0.2) is 58.4 Å². The lowest BCUT2D eigenvalue weighted by Gasteiger charge is -2.06. The standard InChI is InChI=1S/C24H32N2O3/c1-18(2)11-9-12-20(19(3)28-4)23-17-26-24(29-23)15-8-6-5-7-14-22(27)21-13-10-16-25-21/h9-12,16-18H,3,5-8,13-15H2,1-2,4H3/b11-9-,20-12+. The molecule has 0 bridgehead atoms. The molecule has 0 unspecified atom stereocenters. The van der Waals surface area contributed by atoms with Crippen molar-refractivity contribution in [3.8, 4) is 0 Å². The molecule has 5 nitrogen and oxygen atoms in total. The number of nitrogens with zero attached hydrogens (tertiary/aromatic N) is 2. The van der Waals surface area contributed by atoms with Crippen molar-refractivity contribution < 1.29 is 13.9 Å². The number of aryl methyl sites for hydroxylation is 1. The maximum absolute atomic E-state index is 11.9. The van der Waals surface area contributed by atoms with Crippen molar-refractivity contribution in [3.63, 3.8) is 0 Å². The summed E-state index contributed by atoms with van der Waals surface area (Å²) in [6, 6.07) is 0. The maximum atomic E-state index is 11.9. The second-order valence-corrected chi connectivity index (χ2v) is 7.46. The summed E-state index contributed by atoms with van der Waals surface area (Å²) < 4.78 is 11.2. The first-order chi connectivity index (χ1) is 14.0. The second-order valence-electron chi connectivity index (χ2n) is 7.46. The van der Waals surface area contributed by atoms with Crippen LogP contribution in [0.3, 0.4) is 0 Å². The highest BCUT2D eigenvalue weighted by molar-refractivity contribution is 6.40. The van der Waals surface area contributed by atoms with Gasteiger partial charge in [-0.15, -0.1) is 0 Å². The van der Waals surface area contributed by atoms with Gasteiger partial charge in [0.05, 0.1) is 24.6 Å². The largest absolute Gasteiger partial charge is 0.497 e. The summed E-state index contributed by atoms with van der Waals surface area (Å²) in [6.07, 6.45) is 17.4. The molecule has 0 aromatic carbocycles. The van der Waals surface area contributed by atoms with Gasteiger partial charge in [0.15, 0.2) is 17.4 Å². The van der Waals surface area contributed by atoms with E-state index in [0.717, 1.165) is 37.7 Å². The number of carbonyl (C=O) groups is 1. The first-order valence-electron chi connectivity index (χ1n) is 10.3. The highest BCUT2D eigenvalue weighted by atomic mass is 16.5. The lowest BCUT2D eigenvalue weighted by atomic mass is 10.1. The quantitative estimate of drug-likeness (QED) is 0.238. The second kappa shape index (κ2) is 12.0. The molecular weight excluding hydrogens is 364 g/mol. The highest BCUT2D eigenvalue weighted by Gasteiger charge is 2.13. The molecule has 2 heterocycles. The van der Waals surface area contributed by atoms with Crippen molar-refractivity contribution in [1.82, 2.24) is 4.98 Å². The normalized spacial score (nSPS) is 14.1. The molecule has 0 radical (unpaired) electrons. The van der Waals surface area contributed by atoms with Crippen LogP contribution < -0.4 is 0 Å². The Labute approximate surface area is 174 Å². The summed E-state index contributed by atoms with van der Waals surface area (Å²) in [7, 11) is 1.60. The summed E-state index contributed by atoms with van der Waals surface area (Å²) in [5.74, 6) is 2.57. The van der Waals surface area contributed by atoms with Gasteiger partial charge in [0, 0.05) is 25.5 Å². The van der Waals surface area contributed by atoms with Crippen LogP contribution in [0.5, 0.6) is 0 Å². The van der Waals surface area contributed by atoms with Crippen LogP contribution in [0.4, 0.5) is 0 Å². The zero-order valence-corrected chi connectivity index (χ0v) is 17.8. The number of carbonyl (C=O) groups excluding carboxylic acids is 1. The number of Topliss-reactive ketones (excluding diaryl/α,β-unsaturated/α-hetero) is 1. The molecule has 156 valence electrons. The van der Waals surface area contributed by atoms with Crippen molar-refractivity contribution in [2.75, 3.05) is 7.11 Å². The summed E-state index contributed by atoms with van der Waals surface area (Å²) in [6.45, 7) is 8.19. The Balaban J connectivity index is 1.76. The molecule has 0 saturated heterocycles. The first kappa shape index (κ1) is 22.6. The van der Waals surface area contributed by atoms with E-state index in [2.05, 4.69) is 36.5 Å². The third-order valence-electron chi connectivity index (χ3n) is 4.64. The van der Waals surface area contributed by atoms with Crippen molar-refractivity contribution in [2.24, 2.45) is 10.9 Å². The van der Waals surface area contributed by atoms with Crippen molar-refractivity contribution >= 4 is 17.1 Å². The molecule has 29 heavy (non-hydrogen) atoms. The number of hydrogen-bond acceptors (Lipinski definition) is 5. The van der Waals surface area contributed by atoms with Crippen LogP contribution in [-0.4, -0.2) is 23.6 Å².